The summed E-state index contributed by atoms with van der Waals surface area (Å²) in [5, 5.41) is 2.64. The third kappa shape index (κ3) is 8.63. The molecule has 1 rings (SSSR count). The molecular weight excluding hydrogens is 299 g/mol. The highest BCUT2D eigenvalue weighted by atomic mass is 19.4. The maximum absolute atomic E-state index is 12.1. The lowest BCUT2D eigenvalue weighted by Crippen LogP contribution is -2.17. The number of alkyl halides is 3. The first-order valence-electron chi connectivity index (χ1n) is 6.90. The van der Waals surface area contributed by atoms with E-state index in [2.05, 4.69) is 5.32 Å². The maximum atomic E-state index is 12.1. The molecule has 4 nitrogen and oxygen atoms in total. The number of ether oxygens (including phenoxy) is 2. The highest BCUT2D eigenvalue weighted by molar-refractivity contribution is 5.49. The van der Waals surface area contributed by atoms with Crippen LogP contribution in [0.15, 0.2) is 24.3 Å². The van der Waals surface area contributed by atoms with Gasteiger partial charge in [0.2, 0.25) is 0 Å². The summed E-state index contributed by atoms with van der Waals surface area (Å²) < 4.78 is 46.4. The Kier molecular flexibility index (Phi) is 10.2. The van der Waals surface area contributed by atoms with Gasteiger partial charge in [-0.05, 0) is 32.0 Å². The maximum Gasteiger partial charge on any atom is 0.416 e. The minimum atomic E-state index is -4.26. The quantitative estimate of drug-likeness (QED) is 0.614. The van der Waals surface area contributed by atoms with Crippen molar-refractivity contribution in [3.05, 3.63) is 29.8 Å². The van der Waals surface area contributed by atoms with Gasteiger partial charge in [0, 0.05) is 25.9 Å². The number of hydrogen-bond donors (Lipinski definition) is 1. The molecule has 0 unspecified atom stereocenters. The molecule has 0 radical (unpaired) electrons. The molecule has 0 saturated carbocycles. The highest BCUT2D eigenvalue weighted by Crippen LogP contribution is 2.30. The molecule has 0 aromatic heterocycles. The second-order valence-electron chi connectivity index (χ2n) is 4.07. The van der Waals surface area contributed by atoms with E-state index in [0.29, 0.717) is 25.3 Å². The van der Waals surface area contributed by atoms with Crippen LogP contribution in [-0.2, 0) is 20.4 Å². The van der Waals surface area contributed by atoms with Crippen LogP contribution in [0.5, 0.6) is 0 Å². The van der Waals surface area contributed by atoms with Gasteiger partial charge in [-0.2, -0.15) is 13.2 Å². The van der Waals surface area contributed by atoms with Crippen molar-refractivity contribution >= 4 is 12.0 Å². The fourth-order valence-electron chi connectivity index (χ4n) is 1.49. The summed E-state index contributed by atoms with van der Waals surface area (Å²) in [4.78, 5) is 10.0. The molecule has 126 valence electrons. The molecule has 0 aliphatic carbocycles. The Balaban J connectivity index is 0.000000409. The topological polar surface area (TPSA) is 47.6 Å². The van der Waals surface area contributed by atoms with Gasteiger partial charge in [0.05, 0.1) is 12.0 Å². The van der Waals surface area contributed by atoms with Crippen LogP contribution in [0.2, 0.25) is 0 Å². The van der Waals surface area contributed by atoms with Gasteiger partial charge in [-0.1, -0.05) is 6.07 Å². The number of nitrogens with one attached hydrogen (secondary N) is 1. The highest BCUT2D eigenvalue weighted by Gasteiger charge is 2.30. The first-order chi connectivity index (χ1) is 10.4. The number of carbonyl (C=O) groups is 1. The number of benzene rings is 1. The third-order valence-corrected chi connectivity index (χ3v) is 2.47. The lowest BCUT2D eigenvalue weighted by atomic mass is 10.2. The number of aldehydes is 1. The van der Waals surface area contributed by atoms with Crippen LogP contribution in [0.25, 0.3) is 0 Å². The summed E-state index contributed by atoms with van der Waals surface area (Å²) >= 11 is 0. The van der Waals surface area contributed by atoms with Gasteiger partial charge in [-0.25, -0.2) is 0 Å². The summed E-state index contributed by atoms with van der Waals surface area (Å²) in [7, 11) is 1.58. The summed E-state index contributed by atoms with van der Waals surface area (Å²) in [5.74, 6) is 0. The molecule has 0 fully saturated rings. The Morgan fingerprint density at radius 2 is 1.82 bits per heavy atom. The Bertz CT molecular complexity index is 419. The second kappa shape index (κ2) is 11.0. The van der Waals surface area contributed by atoms with E-state index in [9.17, 15) is 18.0 Å². The van der Waals surface area contributed by atoms with E-state index >= 15 is 0 Å². The summed E-state index contributed by atoms with van der Waals surface area (Å²) in [6.07, 6.45) is -3.47. The fourth-order valence-corrected chi connectivity index (χ4v) is 1.49. The van der Waals surface area contributed by atoms with Crippen LogP contribution in [0.4, 0.5) is 18.9 Å². The van der Waals surface area contributed by atoms with Gasteiger partial charge < -0.3 is 19.6 Å². The van der Waals surface area contributed by atoms with Crippen LogP contribution < -0.4 is 5.32 Å². The van der Waals surface area contributed by atoms with E-state index in [1.54, 1.807) is 13.1 Å². The second-order valence-corrected chi connectivity index (χ2v) is 4.07. The SMILES string of the molecule is CCOC(CC=O)OCC.CNc1cccc(C(F)(F)F)c1. The molecule has 7 heteroatoms. The molecule has 0 spiro atoms. The lowest BCUT2D eigenvalue weighted by Gasteiger charge is -2.12. The Labute approximate surface area is 128 Å². The van der Waals surface area contributed by atoms with Gasteiger partial charge in [-0.3, -0.25) is 0 Å². The van der Waals surface area contributed by atoms with Gasteiger partial charge in [0.1, 0.15) is 6.29 Å². The first kappa shape index (κ1) is 20.4. The van der Waals surface area contributed by atoms with Crippen molar-refractivity contribution < 1.29 is 27.4 Å². The van der Waals surface area contributed by atoms with E-state index in [-0.39, 0.29) is 6.29 Å². The molecule has 1 aromatic rings. The molecule has 0 bridgehead atoms. The van der Waals surface area contributed by atoms with Crippen LogP contribution in [0.3, 0.4) is 0 Å². The Hall–Kier alpha value is -1.60. The van der Waals surface area contributed by atoms with Gasteiger partial charge in [-0.15, -0.1) is 0 Å². The van der Waals surface area contributed by atoms with Gasteiger partial charge in [0.25, 0.3) is 0 Å². The van der Waals surface area contributed by atoms with E-state index in [1.165, 1.54) is 6.07 Å². The fraction of sp³-hybridized carbons (Fsp3) is 0.533. The van der Waals surface area contributed by atoms with Crippen molar-refractivity contribution in [2.75, 3.05) is 25.6 Å². The Morgan fingerprint density at radius 3 is 2.23 bits per heavy atom. The normalized spacial score (nSPS) is 10.9. The molecule has 0 saturated heterocycles. The van der Waals surface area contributed by atoms with E-state index in [0.717, 1.165) is 18.4 Å². The summed E-state index contributed by atoms with van der Waals surface area (Å²) in [6, 6.07) is 5.06. The third-order valence-electron chi connectivity index (χ3n) is 2.47. The minimum absolute atomic E-state index is 0.321. The van der Waals surface area contributed by atoms with Crippen molar-refractivity contribution in [2.45, 2.75) is 32.7 Å². The van der Waals surface area contributed by atoms with Gasteiger partial charge in [0.15, 0.2) is 6.29 Å². The summed E-state index contributed by atoms with van der Waals surface area (Å²) in [5.41, 5.74) is -0.167. The minimum Gasteiger partial charge on any atom is -0.388 e. The van der Waals surface area contributed by atoms with E-state index in [4.69, 9.17) is 9.47 Å². The van der Waals surface area contributed by atoms with E-state index in [1.807, 2.05) is 13.8 Å². The first-order valence-corrected chi connectivity index (χ1v) is 6.90. The largest absolute Gasteiger partial charge is 0.416 e. The van der Waals surface area contributed by atoms with Crippen molar-refractivity contribution in [3.63, 3.8) is 0 Å². The van der Waals surface area contributed by atoms with Crippen LogP contribution >= 0.6 is 0 Å². The van der Waals surface area contributed by atoms with Crippen LogP contribution in [0, 0.1) is 0 Å². The monoisotopic (exact) mass is 321 g/mol. The number of anilines is 1. The smallest absolute Gasteiger partial charge is 0.388 e. The zero-order valence-corrected chi connectivity index (χ0v) is 12.9. The molecule has 0 aliphatic heterocycles. The van der Waals surface area contributed by atoms with Crippen molar-refractivity contribution in [1.29, 1.82) is 0 Å². The Morgan fingerprint density at radius 1 is 1.23 bits per heavy atom. The lowest BCUT2D eigenvalue weighted by molar-refractivity contribution is -0.145. The molecule has 0 heterocycles. The number of rotatable bonds is 7. The zero-order chi connectivity index (χ0) is 17.0. The van der Waals surface area contributed by atoms with Crippen LogP contribution in [0.1, 0.15) is 25.8 Å². The summed E-state index contributed by atoms with van der Waals surface area (Å²) in [6.45, 7) is 4.91. The molecule has 0 atom stereocenters. The number of halogens is 3. The molecule has 1 N–H and O–H groups in total. The van der Waals surface area contributed by atoms with E-state index < -0.39 is 11.7 Å². The standard InChI is InChI=1S/C8H8F3N.C7H14O3/c1-12-7-4-2-3-6(5-7)8(9,10)11;1-3-9-7(5-6-8)10-4-2/h2-5,12H,1H3;6-7H,3-5H2,1-2H3. The average molecular weight is 321 g/mol. The number of hydrogen-bond acceptors (Lipinski definition) is 4. The molecule has 0 aliphatic rings. The molecule has 1 aromatic carbocycles. The predicted octanol–water partition coefficient (Wildman–Crippen LogP) is 3.72. The van der Waals surface area contributed by atoms with Crippen LogP contribution in [-0.4, -0.2) is 32.8 Å². The number of carbonyl (C=O) groups excluding carboxylic acids is 1. The molecule has 0 amide bonds. The molecular formula is C15H22F3NO3. The van der Waals surface area contributed by atoms with Gasteiger partial charge >= 0.3 is 6.18 Å². The average Bonchev–Trinajstić information content (AvgIpc) is 2.48. The van der Waals surface area contributed by atoms with Crippen molar-refractivity contribution in [3.8, 4) is 0 Å². The molecule has 22 heavy (non-hydrogen) atoms. The zero-order valence-electron chi connectivity index (χ0n) is 12.9. The predicted molar refractivity (Wildman–Crippen MR) is 78.7 cm³/mol. The van der Waals surface area contributed by atoms with Crippen molar-refractivity contribution in [1.82, 2.24) is 0 Å². The van der Waals surface area contributed by atoms with Crippen molar-refractivity contribution in [2.24, 2.45) is 0 Å².